The lowest BCUT2D eigenvalue weighted by Gasteiger charge is -2.19. The molecule has 0 aliphatic carbocycles. The van der Waals surface area contributed by atoms with Crippen LogP contribution < -0.4 is 10.6 Å². The molecule has 18 heavy (non-hydrogen) atoms. The van der Waals surface area contributed by atoms with Gasteiger partial charge < -0.3 is 10.6 Å². The van der Waals surface area contributed by atoms with E-state index in [1.54, 1.807) is 0 Å². The quantitative estimate of drug-likeness (QED) is 0.796. The Labute approximate surface area is 114 Å². The van der Waals surface area contributed by atoms with Gasteiger partial charge in [0, 0.05) is 31.1 Å². The Kier molecular flexibility index (Phi) is 5.10. The van der Waals surface area contributed by atoms with Crippen LogP contribution in [0.1, 0.15) is 12.0 Å². The Morgan fingerprint density at radius 3 is 2.33 bits per heavy atom. The summed E-state index contributed by atoms with van der Waals surface area (Å²) >= 11 is 4.88. The Morgan fingerprint density at radius 2 is 1.89 bits per heavy atom. The fourth-order valence-electron chi connectivity index (χ4n) is 1.57. The van der Waals surface area contributed by atoms with Crippen LogP contribution in [0.5, 0.6) is 0 Å². The van der Waals surface area contributed by atoms with Crippen LogP contribution in [0.3, 0.4) is 0 Å². The second kappa shape index (κ2) is 6.15. The number of nitrogens with zero attached hydrogens (tertiary/aromatic N) is 1. The average Bonchev–Trinajstić information content (AvgIpc) is 2.27. The normalized spacial score (nSPS) is 11.2. The molecule has 0 spiro atoms. The van der Waals surface area contributed by atoms with Crippen molar-refractivity contribution in [2.75, 3.05) is 30.5 Å². The zero-order valence-electron chi connectivity index (χ0n) is 10.6. The molecule has 1 rings (SSSR count). The fourth-order valence-corrected chi connectivity index (χ4v) is 2.36. The number of thiocarbonyl (C=S) groups is 1. The van der Waals surface area contributed by atoms with E-state index in [9.17, 15) is 8.42 Å². The largest absolute Gasteiger partial charge is 0.389 e. The van der Waals surface area contributed by atoms with Crippen molar-refractivity contribution in [3.8, 4) is 0 Å². The van der Waals surface area contributed by atoms with Crippen LogP contribution in [0.25, 0.3) is 0 Å². The molecule has 100 valence electrons. The van der Waals surface area contributed by atoms with Gasteiger partial charge in [0.25, 0.3) is 0 Å². The van der Waals surface area contributed by atoms with Crippen LogP contribution in [0.2, 0.25) is 0 Å². The summed E-state index contributed by atoms with van der Waals surface area (Å²) in [6, 6.07) is 7.58. The van der Waals surface area contributed by atoms with Crippen molar-refractivity contribution in [2.45, 2.75) is 6.42 Å². The number of benzene rings is 1. The third-order valence-electron chi connectivity index (χ3n) is 2.60. The predicted molar refractivity (Wildman–Crippen MR) is 79.9 cm³/mol. The van der Waals surface area contributed by atoms with Crippen molar-refractivity contribution in [1.29, 1.82) is 0 Å². The van der Waals surface area contributed by atoms with E-state index in [-0.39, 0.29) is 5.75 Å². The molecular formula is C12H18N2O2S2. The summed E-state index contributed by atoms with van der Waals surface area (Å²) in [6.07, 6.45) is 1.87. The summed E-state index contributed by atoms with van der Waals surface area (Å²) in [4.78, 5) is 2.38. The molecule has 0 amide bonds. The van der Waals surface area contributed by atoms with Gasteiger partial charge in [-0.05, 0) is 30.7 Å². The molecule has 0 saturated heterocycles. The van der Waals surface area contributed by atoms with E-state index in [0.29, 0.717) is 18.0 Å². The highest BCUT2D eigenvalue weighted by molar-refractivity contribution is 7.90. The molecular weight excluding hydrogens is 268 g/mol. The third-order valence-corrected chi connectivity index (χ3v) is 3.87. The fraction of sp³-hybridized carbons (Fsp3) is 0.417. The van der Waals surface area contributed by atoms with E-state index in [0.717, 1.165) is 11.3 Å². The molecule has 0 heterocycles. The standard InChI is InChI=1S/C12H18N2O2S2/c1-14(8-3-9-18(2,15)16)11-6-4-10(5-7-11)12(13)17/h4-7H,3,8-9H2,1-2H3,(H2,13,17). The maximum Gasteiger partial charge on any atom is 0.147 e. The van der Waals surface area contributed by atoms with Crippen LogP contribution in [-0.2, 0) is 9.84 Å². The molecule has 0 aliphatic rings. The minimum absolute atomic E-state index is 0.211. The average molecular weight is 286 g/mol. The summed E-state index contributed by atoms with van der Waals surface area (Å²) in [5, 5.41) is 0. The molecule has 0 aliphatic heterocycles. The van der Waals surface area contributed by atoms with E-state index in [2.05, 4.69) is 0 Å². The van der Waals surface area contributed by atoms with Crippen molar-refractivity contribution in [2.24, 2.45) is 5.73 Å². The number of rotatable bonds is 6. The number of hydrogen-bond donors (Lipinski definition) is 1. The highest BCUT2D eigenvalue weighted by atomic mass is 32.2. The van der Waals surface area contributed by atoms with Crippen LogP contribution in [-0.4, -0.2) is 39.0 Å². The van der Waals surface area contributed by atoms with Gasteiger partial charge in [0.05, 0.1) is 5.75 Å². The van der Waals surface area contributed by atoms with Crippen molar-refractivity contribution in [1.82, 2.24) is 0 Å². The monoisotopic (exact) mass is 286 g/mol. The minimum atomic E-state index is -2.88. The molecule has 1 aromatic carbocycles. The SMILES string of the molecule is CN(CCCS(C)(=O)=O)c1ccc(C(N)=S)cc1. The van der Waals surface area contributed by atoms with Gasteiger partial charge in [-0.25, -0.2) is 8.42 Å². The topological polar surface area (TPSA) is 63.4 Å². The Balaban J connectivity index is 2.56. The van der Waals surface area contributed by atoms with E-state index in [1.165, 1.54) is 6.26 Å². The summed E-state index contributed by atoms with van der Waals surface area (Å²) in [6.45, 7) is 0.694. The molecule has 2 N–H and O–H groups in total. The van der Waals surface area contributed by atoms with Crippen LogP contribution >= 0.6 is 12.2 Å². The molecule has 1 aromatic rings. The van der Waals surface area contributed by atoms with Gasteiger partial charge in [0.2, 0.25) is 0 Å². The van der Waals surface area contributed by atoms with Crippen molar-refractivity contribution >= 4 is 32.7 Å². The predicted octanol–water partition coefficient (Wildman–Crippen LogP) is 1.19. The van der Waals surface area contributed by atoms with Gasteiger partial charge in [-0.15, -0.1) is 0 Å². The number of hydrogen-bond acceptors (Lipinski definition) is 4. The summed E-state index contributed by atoms with van der Waals surface area (Å²) in [5.41, 5.74) is 7.37. The van der Waals surface area contributed by atoms with E-state index < -0.39 is 9.84 Å². The maximum absolute atomic E-state index is 11.0. The van der Waals surface area contributed by atoms with E-state index in [4.69, 9.17) is 18.0 Å². The van der Waals surface area contributed by atoms with Gasteiger partial charge >= 0.3 is 0 Å². The van der Waals surface area contributed by atoms with E-state index >= 15 is 0 Å². The second-order valence-corrected chi connectivity index (χ2v) is 7.02. The summed E-state index contributed by atoms with van der Waals surface area (Å²) < 4.78 is 22.0. The maximum atomic E-state index is 11.0. The zero-order valence-corrected chi connectivity index (χ0v) is 12.2. The lowest BCUT2D eigenvalue weighted by molar-refractivity contribution is 0.599. The smallest absolute Gasteiger partial charge is 0.147 e. The molecule has 0 radical (unpaired) electrons. The molecule has 0 fully saturated rings. The lowest BCUT2D eigenvalue weighted by atomic mass is 10.2. The molecule has 0 atom stereocenters. The first-order valence-electron chi connectivity index (χ1n) is 5.58. The Bertz CT molecular complexity index is 509. The highest BCUT2D eigenvalue weighted by Crippen LogP contribution is 2.14. The minimum Gasteiger partial charge on any atom is -0.389 e. The zero-order chi connectivity index (χ0) is 13.8. The van der Waals surface area contributed by atoms with Gasteiger partial charge in [-0.1, -0.05) is 12.2 Å². The molecule has 6 heteroatoms. The second-order valence-electron chi connectivity index (χ2n) is 4.32. The molecule has 0 unspecified atom stereocenters. The Morgan fingerprint density at radius 1 is 1.33 bits per heavy atom. The van der Waals surface area contributed by atoms with Crippen molar-refractivity contribution in [3.63, 3.8) is 0 Å². The first-order chi connectivity index (χ1) is 8.29. The molecule has 0 saturated carbocycles. The van der Waals surface area contributed by atoms with Gasteiger partial charge in [0.15, 0.2) is 0 Å². The lowest BCUT2D eigenvalue weighted by Crippen LogP contribution is -2.21. The van der Waals surface area contributed by atoms with Crippen LogP contribution in [0.4, 0.5) is 5.69 Å². The highest BCUT2D eigenvalue weighted by Gasteiger charge is 2.05. The number of sulfone groups is 1. The molecule has 0 bridgehead atoms. The number of anilines is 1. The first-order valence-corrected chi connectivity index (χ1v) is 8.05. The summed E-state index contributed by atoms with van der Waals surface area (Å²) in [7, 11) is -0.952. The van der Waals surface area contributed by atoms with Crippen molar-refractivity contribution in [3.05, 3.63) is 29.8 Å². The third kappa shape index (κ3) is 5.01. The molecule has 4 nitrogen and oxygen atoms in total. The van der Waals surface area contributed by atoms with Crippen molar-refractivity contribution < 1.29 is 8.42 Å². The molecule has 0 aromatic heterocycles. The van der Waals surface area contributed by atoms with Crippen LogP contribution in [0.15, 0.2) is 24.3 Å². The Hall–Kier alpha value is -1.14. The van der Waals surface area contributed by atoms with Gasteiger partial charge in [-0.2, -0.15) is 0 Å². The van der Waals surface area contributed by atoms with E-state index in [1.807, 2.05) is 36.2 Å². The first kappa shape index (κ1) is 14.9. The van der Waals surface area contributed by atoms with Crippen LogP contribution in [0, 0.1) is 0 Å². The van der Waals surface area contributed by atoms with Gasteiger partial charge in [0.1, 0.15) is 14.8 Å². The van der Waals surface area contributed by atoms with Gasteiger partial charge in [-0.3, -0.25) is 0 Å². The number of nitrogens with two attached hydrogens (primary N) is 1. The summed E-state index contributed by atoms with van der Waals surface area (Å²) in [5.74, 6) is 0.211.